The van der Waals surface area contributed by atoms with E-state index in [4.69, 9.17) is 23.2 Å². The van der Waals surface area contributed by atoms with Gasteiger partial charge in [-0.2, -0.15) is 0 Å². The molecule has 0 saturated carbocycles. The smallest absolute Gasteiger partial charge is 0.207 e. The maximum Gasteiger partial charge on any atom is 0.241 e. The van der Waals surface area contributed by atoms with Crippen LogP contribution in [0.4, 0.5) is 0 Å². The Hall–Kier alpha value is -1.07. The SMILES string of the molecule is CC(NS(=O)(=O)c1ccc(Cl)c(Cl)c1)c1ccccc1. The Kier molecular flexibility index (Phi) is 4.70. The van der Waals surface area contributed by atoms with Crippen molar-refractivity contribution in [3.63, 3.8) is 0 Å². The molecule has 0 spiro atoms. The topological polar surface area (TPSA) is 46.2 Å². The zero-order valence-corrected chi connectivity index (χ0v) is 13.0. The highest BCUT2D eigenvalue weighted by molar-refractivity contribution is 7.89. The second-order valence-corrected chi connectivity index (χ2v) is 6.86. The molecule has 106 valence electrons. The van der Waals surface area contributed by atoms with E-state index in [1.54, 1.807) is 6.92 Å². The summed E-state index contributed by atoms with van der Waals surface area (Å²) in [6.07, 6.45) is 0. The standard InChI is InChI=1S/C14H13Cl2NO2S/c1-10(11-5-3-2-4-6-11)17-20(18,19)12-7-8-13(15)14(16)9-12/h2-10,17H,1H3. The summed E-state index contributed by atoms with van der Waals surface area (Å²) in [7, 11) is -3.64. The van der Waals surface area contributed by atoms with E-state index in [1.807, 2.05) is 30.3 Å². The van der Waals surface area contributed by atoms with Gasteiger partial charge >= 0.3 is 0 Å². The predicted molar refractivity (Wildman–Crippen MR) is 81.6 cm³/mol. The van der Waals surface area contributed by atoms with E-state index in [2.05, 4.69) is 4.72 Å². The van der Waals surface area contributed by atoms with Crippen molar-refractivity contribution >= 4 is 33.2 Å². The number of benzene rings is 2. The minimum atomic E-state index is -3.64. The maximum atomic E-state index is 12.3. The van der Waals surface area contributed by atoms with Crippen LogP contribution in [0.15, 0.2) is 53.4 Å². The normalized spacial score (nSPS) is 13.2. The van der Waals surface area contributed by atoms with Gasteiger partial charge in [-0.1, -0.05) is 53.5 Å². The van der Waals surface area contributed by atoms with Gasteiger partial charge in [-0.3, -0.25) is 0 Å². The van der Waals surface area contributed by atoms with Crippen LogP contribution in [0, 0.1) is 0 Å². The van der Waals surface area contributed by atoms with Crippen LogP contribution < -0.4 is 4.72 Å². The summed E-state index contributed by atoms with van der Waals surface area (Å²) in [4.78, 5) is 0.0923. The fourth-order valence-electron chi connectivity index (χ4n) is 1.75. The molecule has 0 aliphatic heterocycles. The van der Waals surface area contributed by atoms with Crippen molar-refractivity contribution < 1.29 is 8.42 Å². The van der Waals surface area contributed by atoms with E-state index in [0.29, 0.717) is 5.02 Å². The lowest BCUT2D eigenvalue weighted by molar-refractivity contribution is 0.567. The summed E-state index contributed by atoms with van der Waals surface area (Å²) < 4.78 is 27.1. The van der Waals surface area contributed by atoms with Crippen LogP contribution in [0.25, 0.3) is 0 Å². The minimum absolute atomic E-state index is 0.0923. The lowest BCUT2D eigenvalue weighted by Gasteiger charge is -2.15. The number of halogens is 2. The molecule has 0 aliphatic carbocycles. The van der Waals surface area contributed by atoms with Gasteiger partial charge in [-0.15, -0.1) is 0 Å². The summed E-state index contributed by atoms with van der Waals surface area (Å²) in [5, 5.41) is 0.531. The molecule has 6 heteroatoms. The third-order valence-corrected chi connectivity index (χ3v) is 5.11. The molecule has 0 bridgehead atoms. The van der Waals surface area contributed by atoms with E-state index in [0.717, 1.165) is 5.56 Å². The highest BCUT2D eigenvalue weighted by Crippen LogP contribution is 2.25. The van der Waals surface area contributed by atoms with Crippen molar-refractivity contribution in [3.8, 4) is 0 Å². The second-order valence-electron chi connectivity index (χ2n) is 4.33. The van der Waals surface area contributed by atoms with E-state index in [1.165, 1.54) is 18.2 Å². The number of nitrogens with one attached hydrogen (secondary N) is 1. The molecule has 2 aromatic rings. The Labute approximate surface area is 128 Å². The van der Waals surface area contributed by atoms with Gasteiger partial charge < -0.3 is 0 Å². The number of hydrogen-bond donors (Lipinski definition) is 1. The summed E-state index contributed by atoms with van der Waals surface area (Å²) >= 11 is 11.6. The first-order valence-electron chi connectivity index (χ1n) is 5.92. The van der Waals surface area contributed by atoms with Crippen molar-refractivity contribution in [3.05, 3.63) is 64.1 Å². The first-order chi connectivity index (χ1) is 9.40. The van der Waals surface area contributed by atoms with Crippen LogP contribution >= 0.6 is 23.2 Å². The third kappa shape index (κ3) is 3.52. The van der Waals surface area contributed by atoms with Crippen molar-refractivity contribution in [1.82, 2.24) is 4.72 Å². The van der Waals surface area contributed by atoms with Crippen LogP contribution in [-0.2, 0) is 10.0 Å². The van der Waals surface area contributed by atoms with Crippen LogP contribution in [0.2, 0.25) is 10.0 Å². The lowest BCUT2D eigenvalue weighted by Crippen LogP contribution is -2.26. The predicted octanol–water partition coefficient (Wildman–Crippen LogP) is 4.03. The lowest BCUT2D eigenvalue weighted by atomic mass is 10.1. The Morgan fingerprint density at radius 3 is 2.25 bits per heavy atom. The van der Waals surface area contributed by atoms with Crippen molar-refractivity contribution in [2.24, 2.45) is 0 Å². The Balaban J connectivity index is 2.25. The van der Waals surface area contributed by atoms with Gasteiger partial charge in [-0.25, -0.2) is 13.1 Å². The molecule has 0 amide bonds. The average molecular weight is 330 g/mol. The van der Waals surface area contributed by atoms with E-state index in [9.17, 15) is 8.42 Å². The third-order valence-electron chi connectivity index (χ3n) is 2.83. The summed E-state index contributed by atoms with van der Waals surface area (Å²) in [6, 6.07) is 13.2. The van der Waals surface area contributed by atoms with E-state index < -0.39 is 10.0 Å². The molecule has 0 fully saturated rings. The zero-order chi connectivity index (χ0) is 14.8. The van der Waals surface area contributed by atoms with Gasteiger partial charge in [0.05, 0.1) is 14.9 Å². The van der Waals surface area contributed by atoms with Crippen molar-refractivity contribution in [2.45, 2.75) is 17.9 Å². The summed E-state index contributed by atoms with van der Waals surface area (Å²) in [6.45, 7) is 1.78. The monoisotopic (exact) mass is 329 g/mol. The number of rotatable bonds is 4. The van der Waals surface area contributed by atoms with Crippen molar-refractivity contribution in [1.29, 1.82) is 0 Å². The molecule has 20 heavy (non-hydrogen) atoms. The second kappa shape index (κ2) is 6.14. The molecule has 1 atom stereocenters. The molecule has 0 heterocycles. The molecule has 1 unspecified atom stereocenters. The molecule has 3 nitrogen and oxygen atoms in total. The fourth-order valence-corrected chi connectivity index (χ4v) is 3.38. The Morgan fingerprint density at radius 2 is 1.65 bits per heavy atom. The van der Waals surface area contributed by atoms with Gasteiger partial charge in [0.2, 0.25) is 10.0 Å². The molecule has 0 aliphatic rings. The number of hydrogen-bond acceptors (Lipinski definition) is 2. The highest BCUT2D eigenvalue weighted by atomic mass is 35.5. The summed E-state index contributed by atoms with van der Waals surface area (Å²) in [5.41, 5.74) is 0.885. The maximum absolute atomic E-state index is 12.3. The molecule has 1 N–H and O–H groups in total. The largest absolute Gasteiger partial charge is 0.241 e. The highest BCUT2D eigenvalue weighted by Gasteiger charge is 2.19. The van der Waals surface area contributed by atoms with Gasteiger partial charge in [0.1, 0.15) is 0 Å². The fraction of sp³-hybridized carbons (Fsp3) is 0.143. The number of sulfonamides is 1. The van der Waals surface area contributed by atoms with Crippen LogP contribution in [0.3, 0.4) is 0 Å². The summed E-state index contributed by atoms with van der Waals surface area (Å²) in [5.74, 6) is 0. The van der Waals surface area contributed by atoms with Crippen LogP contribution in [0.1, 0.15) is 18.5 Å². The van der Waals surface area contributed by atoms with Gasteiger partial charge in [-0.05, 0) is 30.7 Å². The first kappa shape index (κ1) is 15.3. The molecule has 2 aromatic carbocycles. The molecule has 0 saturated heterocycles. The van der Waals surface area contributed by atoms with Gasteiger partial charge in [0, 0.05) is 6.04 Å². The minimum Gasteiger partial charge on any atom is -0.207 e. The molecule has 0 aromatic heterocycles. The Morgan fingerprint density at radius 1 is 1.00 bits per heavy atom. The molecule has 2 rings (SSSR count). The van der Waals surface area contributed by atoms with Crippen LogP contribution in [0.5, 0.6) is 0 Å². The zero-order valence-electron chi connectivity index (χ0n) is 10.7. The Bertz CT molecular complexity index is 702. The van der Waals surface area contributed by atoms with Crippen LogP contribution in [-0.4, -0.2) is 8.42 Å². The van der Waals surface area contributed by atoms with E-state index in [-0.39, 0.29) is 16.0 Å². The quantitative estimate of drug-likeness (QED) is 0.920. The first-order valence-corrected chi connectivity index (χ1v) is 8.16. The van der Waals surface area contributed by atoms with Gasteiger partial charge in [0.25, 0.3) is 0 Å². The van der Waals surface area contributed by atoms with Crippen molar-refractivity contribution in [2.75, 3.05) is 0 Å². The molecule has 0 radical (unpaired) electrons. The molecular weight excluding hydrogens is 317 g/mol. The average Bonchev–Trinajstić information content (AvgIpc) is 2.42. The van der Waals surface area contributed by atoms with Gasteiger partial charge in [0.15, 0.2) is 0 Å². The molecular formula is C14H13Cl2NO2S. The van der Waals surface area contributed by atoms with E-state index >= 15 is 0 Å².